The third kappa shape index (κ3) is 4.78. The van der Waals surface area contributed by atoms with E-state index in [0.717, 1.165) is 25.8 Å². The summed E-state index contributed by atoms with van der Waals surface area (Å²) in [6.45, 7) is 2.50. The summed E-state index contributed by atoms with van der Waals surface area (Å²) in [6, 6.07) is 0. The summed E-state index contributed by atoms with van der Waals surface area (Å²) >= 11 is 1.87. The minimum Gasteiger partial charge on any atom is -0.381 e. The summed E-state index contributed by atoms with van der Waals surface area (Å²) in [7, 11) is 0. The Hall–Kier alpha value is -0.260. The largest absolute Gasteiger partial charge is 0.381 e. The van der Waals surface area contributed by atoms with Crippen molar-refractivity contribution in [2.75, 3.05) is 38.3 Å². The van der Waals surface area contributed by atoms with Crippen LogP contribution >= 0.6 is 11.8 Å². The molecule has 0 spiro atoms. The molecule has 0 unspecified atom stereocenters. The number of carbonyl (C=O) groups excluding carboxylic acids is 1. The van der Waals surface area contributed by atoms with Gasteiger partial charge in [-0.1, -0.05) is 6.42 Å². The Morgan fingerprint density at radius 3 is 2.67 bits per heavy atom. The van der Waals surface area contributed by atoms with Crippen LogP contribution in [0.25, 0.3) is 0 Å². The molecule has 0 bridgehead atoms. The molecule has 0 atom stereocenters. The van der Waals surface area contributed by atoms with Crippen molar-refractivity contribution in [2.24, 2.45) is 11.1 Å². The average Bonchev–Trinajstić information content (AvgIpc) is 2.43. The van der Waals surface area contributed by atoms with Crippen LogP contribution in [0.5, 0.6) is 0 Å². The maximum absolute atomic E-state index is 12.2. The monoisotopic (exact) mass is 274 g/mol. The molecular formula is C13H26N2O2S. The highest BCUT2D eigenvalue weighted by Gasteiger charge is 2.38. The Kier molecular flexibility index (Phi) is 7.70. The summed E-state index contributed by atoms with van der Waals surface area (Å²) in [5.74, 6) is 1.33. The molecule has 1 saturated heterocycles. The number of hydrogen-bond acceptors (Lipinski definition) is 4. The number of amides is 1. The molecule has 106 valence electrons. The van der Waals surface area contributed by atoms with Gasteiger partial charge in [-0.25, -0.2) is 0 Å². The van der Waals surface area contributed by atoms with E-state index in [4.69, 9.17) is 10.5 Å². The predicted octanol–water partition coefficient (Wildman–Crippen LogP) is 1.39. The fourth-order valence-corrected chi connectivity index (χ4v) is 2.72. The number of thioether (sulfide) groups is 1. The van der Waals surface area contributed by atoms with Gasteiger partial charge in [0.1, 0.15) is 0 Å². The first-order valence-electron chi connectivity index (χ1n) is 6.80. The standard InChI is InChI=1S/C13H26N2O2S/c1-18-10-4-2-3-7-15-12(16)13(11-14)5-8-17-9-6-13/h2-11,14H2,1H3,(H,15,16). The molecule has 1 heterocycles. The lowest BCUT2D eigenvalue weighted by Gasteiger charge is -2.34. The summed E-state index contributed by atoms with van der Waals surface area (Å²) in [5.41, 5.74) is 5.41. The molecule has 0 aromatic heterocycles. The quantitative estimate of drug-likeness (QED) is 0.657. The maximum atomic E-state index is 12.2. The van der Waals surface area contributed by atoms with E-state index in [9.17, 15) is 4.79 Å². The Labute approximate surface area is 114 Å². The van der Waals surface area contributed by atoms with E-state index in [1.807, 2.05) is 11.8 Å². The summed E-state index contributed by atoms with van der Waals surface area (Å²) in [6.07, 6.45) is 7.10. The molecule has 1 aliphatic heterocycles. The lowest BCUT2D eigenvalue weighted by atomic mass is 9.79. The van der Waals surface area contributed by atoms with E-state index in [1.165, 1.54) is 18.6 Å². The third-order valence-electron chi connectivity index (χ3n) is 3.63. The van der Waals surface area contributed by atoms with E-state index in [2.05, 4.69) is 11.6 Å². The minimum atomic E-state index is -0.377. The number of ether oxygens (including phenoxy) is 1. The van der Waals surface area contributed by atoms with E-state index in [0.29, 0.717) is 19.8 Å². The molecule has 18 heavy (non-hydrogen) atoms. The molecule has 1 rings (SSSR count). The van der Waals surface area contributed by atoms with Crippen molar-refractivity contribution < 1.29 is 9.53 Å². The van der Waals surface area contributed by atoms with Crippen molar-refractivity contribution >= 4 is 17.7 Å². The van der Waals surface area contributed by atoms with Crippen LogP contribution in [0.3, 0.4) is 0 Å². The summed E-state index contributed by atoms with van der Waals surface area (Å²) in [5, 5.41) is 3.04. The smallest absolute Gasteiger partial charge is 0.227 e. The van der Waals surface area contributed by atoms with Crippen molar-refractivity contribution in [2.45, 2.75) is 32.1 Å². The lowest BCUT2D eigenvalue weighted by Crippen LogP contribution is -2.49. The minimum absolute atomic E-state index is 0.123. The summed E-state index contributed by atoms with van der Waals surface area (Å²) in [4.78, 5) is 12.2. The van der Waals surface area contributed by atoms with Crippen LogP contribution in [0.2, 0.25) is 0 Å². The number of nitrogens with two attached hydrogens (primary N) is 1. The van der Waals surface area contributed by atoms with Crippen molar-refractivity contribution in [3.63, 3.8) is 0 Å². The van der Waals surface area contributed by atoms with Crippen LogP contribution in [-0.4, -0.2) is 44.2 Å². The topological polar surface area (TPSA) is 64.4 Å². The lowest BCUT2D eigenvalue weighted by molar-refractivity contribution is -0.135. The second-order valence-electron chi connectivity index (χ2n) is 4.91. The van der Waals surface area contributed by atoms with Gasteiger partial charge in [0.25, 0.3) is 0 Å². The van der Waals surface area contributed by atoms with Crippen LogP contribution in [0, 0.1) is 5.41 Å². The highest BCUT2D eigenvalue weighted by atomic mass is 32.2. The van der Waals surface area contributed by atoms with Gasteiger partial charge in [-0.3, -0.25) is 4.79 Å². The van der Waals surface area contributed by atoms with E-state index in [1.54, 1.807) is 0 Å². The average molecular weight is 274 g/mol. The van der Waals surface area contributed by atoms with Gasteiger partial charge in [0, 0.05) is 26.3 Å². The van der Waals surface area contributed by atoms with Gasteiger partial charge in [-0.15, -0.1) is 0 Å². The molecule has 0 aliphatic carbocycles. The zero-order valence-electron chi connectivity index (χ0n) is 11.4. The Bertz CT molecular complexity index is 243. The van der Waals surface area contributed by atoms with E-state index >= 15 is 0 Å². The molecule has 1 aliphatic rings. The number of hydrogen-bond donors (Lipinski definition) is 2. The van der Waals surface area contributed by atoms with Crippen LogP contribution in [-0.2, 0) is 9.53 Å². The first-order chi connectivity index (χ1) is 8.75. The Balaban J connectivity index is 2.21. The molecule has 0 saturated carbocycles. The first-order valence-corrected chi connectivity index (χ1v) is 8.19. The molecule has 5 heteroatoms. The van der Waals surface area contributed by atoms with Crippen LogP contribution in [0.15, 0.2) is 0 Å². The normalized spacial score (nSPS) is 18.6. The zero-order chi connectivity index (χ0) is 13.3. The van der Waals surface area contributed by atoms with Crippen molar-refractivity contribution in [3.8, 4) is 0 Å². The zero-order valence-corrected chi connectivity index (χ0v) is 12.2. The maximum Gasteiger partial charge on any atom is 0.227 e. The van der Waals surface area contributed by atoms with Crippen LogP contribution < -0.4 is 11.1 Å². The number of nitrogens with one attached hydrogen (secondary N) is 1. The highest BCUT2D eigenvalue weighted by Crippen LogP contribution is 2.29. The van der Waals surface area contributed by atoms with Gasteiger partial charge >= 0.3 is 0 Å². The molecule has 4 nitrogen and oxygen atoms in total. The van der Waals surface area contributed by atoms with Gasteiger partial charge in [0.05, 0.1) is 5.41 Å². The van der Waals surface area contributed by atoms with Gasteiger partial charge in [-0.05, 0) is 37.7 Å². The molecular weight excluding hydrogens is 248 g/mol. The molecule has 3 N–H and O–H groups in total. The van der Waals surface area contributed by atoms with Gasteiger partial charge in [0.15, 0.2) is 0 Å². The highest BCUT2D eigenvalue weighted by molar-refractivity contribution is 7.98. The van der Waals surface area contributed by atoms with E-state index in [-0.39, 0.29) is 11.3 Å². The Morgan fingerprint density at radius 1 is 1.33 bits per heavy atom. The molecule has 0 radical (unpaired) electrons. The van der Waals surface area contributed by atoms with Crippen molar-refractivity contribution in [1.82, 2.24) is 5.32 Å². The van der Waals surface area contributed by atoms with Crippen LogP contribution in [0.4, 0.5) is 0 Å². The van der Waals surface area contributed by atoms with Crippen LogP contribution in [0.1, 0.15) is 32.1 Å². The van der Waals surface area contributed by atoms with Crippen molar-refractivity contribution in [1.29, 1.82) is 0 Å². The fourth-order valence-electron chi connectivity index (χ4n) is 2.22. The van der Waals surface area contributed by atoms with Gasteiger partial charge in [-0.2, -0.15) is 11.8 Å². The third-order valence-corrected chi connectivity index (χ3v) is 4.33. The number of rotatable bonds is 8. The second-order valence-corrected chi connectivity index (χ2v) is 5.89. The molecule has 0 aromatic rings. The SMILES string of the molecule is CSCCCCCNC(=O)C1(CN)CCOCC1. The van der Waals surface area contributed by atoms with Crippen molar-refractivity contribution in [3.05, 3.63) is 0 Å². The molecule has 1 fully saturated rings. The summed E-state index contributed by atoms with van der Waals surface area (Å²) < 4.78 is 5.31. The molecule has 1 amide bonds. The molecule has 0 aromatic carbocycles. The van der Waals surface area contributed by atoms with Gasteiger partial charge in [0.2, 0.25) is 5.91 Å². The second kappa shape index (κ2) is 8.77. The fraction of sp³-hybridized carbons (Fsp3) is 0.923. The van der Waals surface area contributed by atoms with E-state index < -0.39 is 0 Å². The van der Waals surface area contributed by atoms with Gasteiger partial charge < -0.3 is 15.8 Å². The Morgan fingerprint density at radius 2 is 2.06 bits per heavy atom. The first kappa shape index (κ1) is 15.8. The predicted molar refractivity (Wildman–Crippen MR) is 76.8 cm³/mol. The number of carbonyl (C=O) groups is 1. The number of unbranched alkanes of at least 4 members (excludes halogenated alkanes) is 2.